The molecule has 0 spiro atoms. The molecule has 5 nitrogen and oxygen atoms in total. The minimum atomic E-state index is 0.480. The van der Waals surface area contributed by atoms with Crippen LogP contribution in [0, 0.1) is 0 Å². The van der Waals surface area contributed by atoms with Crippen LogP contribution in [-0.4, -0.2) is 21.7 Å². The topological polar surface area (TPSA) is 63.8 Å². The summed E-state index contributed by atoms with van der Waals surface area (Å²) in [5, 5.41) is 6.97. The molecule has 17 heavy (non-hydrogen) atoms. The third kappa shape index (κ3) is 2.98. The van der Waals surface area contributed by atoms with E-state index in [1.165, 1.54) is 0 Å². The predicted octanol–water partition coefficient (Wildman–Crippen LogP) is 2.17. The fraction of sp³-hybridized carbons (Fsp3) is 0.182. The zero-order valence-corrected chi connectivity index (χ0v) is 10.6. The number of nitrogens with zero attached hydrogens (tertiary/aromatic N) is 3. The van der Waals surface area contributed by atoms with Crippen molar-refractivity contribution in [3.8, 4) is 11.5 Å². The lowest BCUT2D eigenvalue weighted by Crippen LogP contribution is -2.12. The first-order valence-electron chi connectivity index (χ1n) is 5.06. The van der Waals surface area contributed by atoms with E-state index in [0.717, 1.165) is 4.47 Å². The molecule has 0 bridgehead atoms. The number of hydrogen-bond donors (Lipinski definition) is 1. The number of rotatable bonds is 5. The van der Waals surface area contributed by atoms with Gasteiger partial charge in [-0.05, 0) is 28.1 Å². The van der Waals surface area contributed by atoms with Crippen LogP contribution in [0.3, 0.4) is 0 Å². The molecule has 6 heteroatoms. The minimum absolute atomic E-state index is 0.480. The van der Waals surface area contributed by atoms with Gasteiger partial charge in [-0.1, -0.05) is 11.2 Å². The van der Waals surface area contributed by atoms with Gasteiger partial charge in [0, 0.05) is 17.2 Å². The highest BCUT2D eigenvalue weighted by molar-refractivity contribution is 9.10. The Hall–Kier alpha value is -1.53. The largest absolute Gasteiger partial charge is 0.337 e. The molecule has 2 aromatic heterocycles. The van der Waals surface area contributed by atoms with Crippen LogP contribution in [0.4, 0.5) is 0 Å². The maximum Gasteiger partial charge on any atom is 0.240 e. The van der Waals surface area contributed by atoms with Crippen molar-refractivity contribution in [2.24, 2.45) is 0 Å². The van der Waals surface area contributed by atoms with Gasteiger partial charge in [-0.3, -0.25) is 4.98 Å². The molecule has 2 aromatic rings. The third-order valence-electron chi connectivity index (χ3n) is 2.00. The second-order valence-electron chi connectivity index (χ2n) is 3.27. The van der Waals surface area contributed by atoms with E-state index in [-0.39, 0.29) is 0 Å². The first kappa shape index (κ1) is 11.9. The van der Waals surface area contributed by atoms with Gasteiger partial charge in [0.1, 0.15) is 5.69 Å². The molecular formula is C11H11BrN4O. The molecule has 0 aliphatic carbocycles. The van der Waals surface area contributed by atoms with Crippen LogP contribution in [0.25, 0.3) is 11.5 Å². The molecule has 0 amide bonds. The Bertz CT molecular complexity index is 512. The van der Waals surface area contributed by atoms with E-state index in [9.17, 15) is 0 Å². The summed E-state index contributed by atoms with van der Waals surface area (Å²) >= 11 is 3.39. The standard InChI is InChI=1S/C11H11BrN4O/c1-2-5-13-7-9-15-11(16-17-9)10-8(12)4-3-6-14-10/h2-4,6,13H,1,5,7H2. The van der Waals surface area contributed by atoms with Crippen LogP contribution < -0.4 is 5.32 Å². The van der Waals surface area contributed by atoms with Crippen LogP contribution in [0.15, 0.2) is 40.0 Å². The predicted molar refractivity (Wildman–Crippen MR) is 67.1 cm³/mol. The lowest BCUT2D eigenvalue weighted by molar-refractivity contribution is 0.370. The summed E-state index contributed by atoms with van der Waals surface area (Å²) in [5.41, 5.74) is 0.672. The van der Waals surface area contributed by atoms with Crippen molar-refractivity contribution in [1.82, 2.24) is 20.4 Å². The van der Waals surface area contributed by atoms with Crippen LogP contribution in [0.1, 0.15) is 5.89 Å². The lowest BCUT2D eigenvalue weighted by Gasteiger charge is -1.95. The van der Waals surface area contributed by atoms with Crippen molar-refractivity contribution in [3.63, 3.8) is 0 Å². The average molecular weight is 295 g/mol. The van der Waals surface area contributed by atoms with E-state index in [0.29, 0.717) is 30.5 Å². The van der Waals surface area contributed by atoms with Gasteiger partial charge in [0.05, 0.1) is 6.54 Å². The van der Waals surface area contributed by atoms with E-state index in [1.807, 2.05) is 12.1 Å². The zero-order valence-electron chi connectivity index (χ0n) is 9.06. The first-order valence-corrected chi connectivity index (χ1v) is 5.85. The van der Waals surface area contributed by atoms with Gasteiger partial charge in [0.25, 0.3) is 0 Å². The van der Waals surface area contributed by atoms with Crippen molar-refractivity contribution in [3.05, 3.63) is 41.3 Å². The number of aromatic nitrogens is 3. The average Bonchev–Trinajstić information content (AvgIpc) is 2.79. The van der Waals surface area contributed by atoms with Gasteiger partial charge < -0.3 is 9.84 Å². The molecular weight excluding hydrogens is 284 g/mol. The normalized spacial score (nSPS) is 10.4. The molecule has 2 heterocycles. The Morgan fingerprint density at radius 1 is 1.53 bits per heavy atom. The van der Waals surface area contributed by atoms with Crippen LogP contribution in [0.2, 0.25) is 0 Å². The summed E-state index contributed by atoms with van der Waals surface area (Å²) in [6, 6.07) is 3.72. The second kappa shape index (κ2) is 5.70. The molecule has 0 fully saturated rings. The number of hydrogen-bond acceptors (Lipinski definition) is 5. The van der Waals surface area contributed by atoms with Crippen LogP contribution in [0.5, 0.6) is 0 Å². The smallest absolute Gasteiger partial charge is 0.240 e. The molecule has 1 N–H and O–H groups in total. The highest BCUT2D eigenvalue weighted by atomic mass is 79.9. The highest BCUT2D eigenvalue weighted by Crippen LogP contribution is 2.22. The number of halogens is 1. The maximum atomic E-state index is 5.10. The lowest BCUT2D eigenvalue weighted by atomic mass is 10.3. The fourth-order valence-electron chi connectivity index (χ4n) is 1.25. The van der Waals surface area contributed by atoms with E-state index in [4.69, 9.17) is 4.52 Å². The Labute approximate surface area is 107 Å². The van der Waals surface area contributed by atoms with Gasteiger partial charge in [-0.2, -0.15) is 4.98 Å². The summed E-state index contributed by atoms with van der Waals surface area (Å²) in [6.45, 7) is 4.83. The molecule has 0 saturated carbocycles. The van der Waals surface area contributed by atoms with Gasteiger partial charge in [-0.25, -0.2) is 0 Å². The number of pyridine rings is 1. The quantitative estimate of drug-likeness (QED) is 0.676. The van der Waals surface area contributed by atoms with Crippen LogP contribution in [-0.2, 0) is 6.54 Å². The van der Waals surface area contributed by atoms with Gasteiger partial charge in [0.2, 0.25) is 11.7 Å². The summed E-state index contributed by atoms with van der Waals surface area (Å²) in [5.74, 6) is 1.01. The second-order valence-corrected chi connectivity index (χ2v) is 4.12. The van der Waals surface area contributed by atoms with Crippen LogP contribution >= 0.6 is 15.9 Å². The molecule has 0 aliphatic heterocycles. The molecule has 0 aromatic carbocycles. The highest BCUT2D eigenvalue weighted by Gasteiger charge is 2.11. The van der Waals surface area contributed by atoms with Gasteiger partial charge in [0.15, 0.2) is 0 Å². The van der Waals surface area contributed by atoms with E-state index in [1.54, 1.807) is 12.3 Å². The summed E-state index contributed by atoms with van der Waals surface area (Å²) < 4.78 is 5.94. The van der Waals surface area contributed by atoms with Crippen molar-refractivity contribution in [2.45, 2.75) is 6.54 Å². The van der Waals surface area contributed by atoms with Gasteiger partial charge in [-0.15, -0.1) is 6.58 Å². The molecule has 0 unspecified atom stereocenters. The van der Waals surface area contributed by atoms with E-state index < -0.39 is 0 Å². The van der Waals surface area contributed by atoms with Crippen molar-refractivity contribution < 1.29 is 4.52 Å². The molecule has 2 rings (SSSR count). The first-order chi connectivity index (χ1) is 8.31. The summed E-state index contributed by atoms with van der Waals surface area (Å²) in [4.78, 5) is 8.44. The maximum absolute atomic E-state index is 5.10. The van der Waals surface area contributed by atoms with E-state index in [2.05, 4.69) is 43.0 Å². The zero-order chi connectivity index (χ0) is 12.1. The summed E-state index contributed by atoms with van der Waals surface area (Å²) in [7, 11) is 0. The number of nitrogens with one attached hydrogen (secondary N) is 1. The fourth-order valence-corrected chi connectivity index (χ4v) is 1.69. The molecule has 0 radical (unpaired) electrons. The molecule has 88 valence electrons. The van der Waals surface area contributed by atoms with Crippen molar-refractivity contribution >= 4 is 15.9 Å². The molecule has 0 aliphatic rings. The Balaban J connectivity index is 2.13. The Morgan fingerprint density at radius 3 is 3.18 bits per heavy atom. The third-order valence-corrected chi connectivity index (χ3v) is 2.64. The van der Waals surface area contributed by atoms with Crippen molar-refractivity contribution in [1.29, 1.82) is 0 Å². The SMILES string of the molecule is C=CCNCc1nc(-c2ncccc2Br)no1. The summed E-state index contributed by atoms with van der Waals surface area (Å²) in [6.07, 6.45) is 3.46. The van der Waals surface area contributed by atoms with E-state index >= 15 is 0 Å². The molecule has 0 saturated heterocycles. The Morgan fingerprint density at radius 2 is 2.41 bits per heavy atom. The Kier molecular flexibility index (Phi) is 4.00. The van der Waals surface area contributed by atoms with Gasteiger partial charge >= 0.3 is 0 Å². The van der Waals surface area contributed by atoms with Crippen molar-refractivity contribution in [2.75, 3.05) is 6.54 Å². The monoisotopic (exact) mass is 294 g/mol. The minimum Gasteiger partial charge on any atom is -0.337 e. The molecule has 0 atom stereocenters.